The molecule has 0 aromatic rings. The van der Waals surface area contributed by atoms with Crippen molar-refractivity contribution >= 4 is 15.9 Å². The molecule has 0 aromatic carbocycles. The molecule has 0 fully saturated rings. The van der Waals surface area contributed by atoms with Crippen LogP contribution in [-0.4, -0.2) is 28.9 Å². The predicted octanol–water partition coefficient (Wildman–Crippen LogP) is 2.50. The Labute approximate surface area is 72.9 Å². The van der Waals surface area contributed by atoms with Crippen LogP contribution in [0.5, 0.6) is 0 Å². The molecule has 10 heavy (non-hydrogen) atoms. The molecule has 0 aliphatic carbocycles. The first-order valence-electron chi connectivity index (χ1n) is 3.70. The van der Waals surface area contributed by atoms with Crippen molar-refractivity contribution in [2.24, 2.45) is 0 Å². The van der Waals surface area contributed by atoms with Crippen LogP contribution >= 0.6 is 15.9 Å². The van der Waals surface area contributed by atoms with Gasteiger partial charge in [0.2, 0.25) is 0 Å². The van der Waals surface area contributed by atoms with Crippen molar-refractivity contribution in [1.29, 1.82) is 0 Å². The van der Waals surface area contributed by atoms with E-state index in [-0.39, 0.29) is 5.54 Å². The monoisotopic (exact) mass is 207 g/mol. The first-order valence-corrected chi connectivity index (χ1v) is 4.83. The zero-order chi connectivity index (χ0) is 8.36. The fourth-order valence-electron chi connectivity index (χ4n) is 0.793. The van der Waals surface area contributed by atoms with Crippen LogP contribution in [0.15, 0.2) is 0 Å². The second-order valence-corrected chi connectivity index (χ2v) is 4.21. The van der Waals surface area contributed by atoms with Gasteiger partial charge in [0, 0.05) is 16.9 Å². The molecular formula is C8H18BrN. The van der Waals surface area contributed by atoms with E-state index in [1.165, 1.54) is 0 Å². The van der Waals surface area contributed by atoms with Gasteiger partial charge in [-0.05, 0) is 34.7 Å². The molecule has 0 saturated heterocycles. The third-order valence-corrected chi connectivity index (χ3v) is 3.43. The van der Waals surface area contributed by atoms with Crippen LogP contribution in [0, 0.1) is 0 Å². The molecule has 0 bridgehead atoms. The van der Waals surface area contributed by atoms with E-state index < -0.39 is 0 Å². The molecule has 1 nitrogen and oxygen atoms in total. The zero-order valence-electron chi connectivity index (χ0n) is 7.61. The largest absolute Gasteiger partial charge is 0.298 e. The number of hydrogen-bond acceptors (Lipinski definition) is 1. The molecule has 0 atom stereocenters. The maximum atomic E-state index is 3.50. The lowest BCUT2D eigenvalue weighted by Crippen LogP contribution is -2.46. The highest BCUT2D eigenvalue weighted by Gasteiger charge is 2.23. The van der Waals surface area contributed by atoms with Gasteiger partial charge in [-0.3, -0.25) is 4.90 Å². The molecule has 0 heterocycles. The average molecular weight is 208 g/mol. The Balaban J connectivity index is 4.03. The molecule has 0 N–H and O–H groups in total. The molecule has 0 amide bonds. The first-order chi connectivity index (χ1) is 4.41. The molecule has 0 aliphatic rings. The lowest BCUT2D eigenvalue weighted by molar-refractivity contribution is 0.141. The van der Waals surface area contributed by atoms with Crippen molar-refractivity contribution in [3.05, 3.63) is 0 Å². The second-order valence-electron chi connectivity index (χ2n) is 3.65. The van der Waals surface area contributed by atoms with E-state index in [9.17, 15) is 0 Å². The predicted molar refractivity (Wildman–Crippen MR) is 50.8 cm³/mol. The van der Waals surface area contributed by atoms with Gasteiger partial charge in [0.15, 0.2) is 0 Å². The smallest absolute Gasteiger partial charge is 0.0249 e. The fraction of sp³-hybridized carbons (Fsp3) is 1.00. The van der Waals surface area contributed by atoms with Crippen molar-refractivity contribution in [2.75, 3.05) is 12.4 Å². The summed E-state index contributed by atoms with van der Waals surface area (Å²) in [5.74, 6) is 0. The fourth-order valence-corrected chi connectivity index (χ4v) is 1.19. The standard InChI is InChI=1S/C8H18BrN/c1-7(2)10(5)8(3,4)6-9/h7H,6H2,1-5H3. The SMILES string of the molecule is CC(C)N(C)C(C)(C)CBr. The molecule has 0 aromatic heterocycles. The van der Waals surface area contributed by atoms with E-state index in [0.29, 0.717) is 6.04 Å². The maximum absolute atomic E-state index is 3.50. The van der Waals surface area contributed by atoms with Gasteiger partial charge in [-0.2, -0.15) is 0 Å². The van der Waals surface area contributed by atoms with E-state index in [1.807, 2.05) is 0 Å². The number of nitrogens with zero attached hydrogens (tertiary/aromatic N) is 1. The van der Waals surface area contributed by atoms with Gasteiger partial charge in [0.25, 0.3) is 0 Å². The molecule has 0 unspecified atom stereocenters. The van der Waals surface area contributed by atoms with Crippen molar-refractivity contribution in [1.82, 2.24) is 4.90 Å². The Morgan fingerprint density at radius 3 is 1.90 bits per heavy atom. The van der Waals surface area contributed by atoms with Gasteiger partial charge < -0.3 is 0 Å². The number of rotatable bonds is 3. The average Bonchev–Trinajstić information content (AvgIpc) is 1.86. The maximum Gasteiger partial charge on any atom is 0.0249 e. The lowest BCUT2D eigenvalue weighted by atomic mass is 10.1. The van der Waals surface area contributed by atoms with Crippen molar-refractivity contribution < 1.29 is 0 Å². The van der Waals surface area contributed by atoms with E-state index in [4.69, 9.17) is 0 Å². The summed E-state index contributed by atoms with van der Waals surface area (Å²) < 4.78 is 0. The Morgan fingerprint density at radius 2 is 1.80 bits per heavy atom. The summed E-state index contributed by atoms with van der Waals surface area (Å²) >= 11 is 3.50. The van der Waals surface area contributed by atoms with Crippen LogP contribution in [0.3, 0.4) is 0 Å². The molecular weight excluding hydrogens is 190 g/mol. The van der Waals surface area contributed by atoms with Gasteiger partial charge in [-0.25, -0.2) is 0 Å². The molecule has 0 aliphatic heterocycles. The highest BCUT2D eigenvalue weighted by atomic mass is 79.9. The number of halogens is 1. The molecule has 0 saturated carbocycles. The number of alkyl halides is 1. The van der Waals surface area contributed by atoms with Gasteiger partial charge in [0.1, 0.15) is 0 Å². The number of hydrogen-bond donors (Lipinski definition) is 0. The summed E-state index contributed by atoms with van der Waals surface area (Å²) in [5.41, 5.74) is 0.272. The minimum absolute atomic E-state index is 0.272. The van der Waals surface area contributed by atoms with Gasteiger partial charge in [-0.1, -0.05) is 15.9 Å². The van der Waals surface area contributed by atoms with Gasteiger partial charge in [0.05, 0.1) is 0 Å². The molecule has 2 heteroatoms. The summed E-state index contributed by atoms with van der Waals surface area (Å²) in [4.78, 5) is 2.36. The minimum atomic E-state index is 0.272. The van der Waals surface area contributed by atoms with E-state index in [1.54, 1.807) is 0 Å². The van der Waals surface area contributed by atoms with E-state index in [0.717, 1.165) is 5.33 Å². The minimum Gasteiger partial charge on any atom is -0.298 e. The van der Waals surface area contributed by atoms with Crippen LogP contribution in [0.1, 0.15) is 27.7 Å². The molecule has 0 spiro atoms. The molecule has 62 valence electrons. The summed E-state index contributed by atoms with van der Waals surface area (Å²) in [5, 5.41) is 1.02. The lowest BCUT2D eigenvalue weighted by Gasteiger charge is -2.37. The Hall–Kier alpha value is 0.440. The molecule has 0 rings (SSSR count). The van der Waals surface area contributed by atoms with Crippen LogP contribution in [-0.2, 0) is 0 Å². The van der Waals surface area contributed by atoms with Crippen LogP contribution in [0.2, 0.25) is 0 Å². The van der Waals surface area contributed by atoms with Crippen molar-refractivity contribution in [3.63, 3.8) is 0 Å². The van der Waals surface area contributed by atoms with E-state index >= 15 is 0 Å². The Bertz CT molecular complexity index is 99.4. The van der Waals surface area contributed by atoms with Crippen LogP contribution in [0.4, 0.5) is 0 Å². The summed E-state index contributed by atoms with van der Waals surface area (Å²) in [6.45, 7) is 8.90. The Kier molecular flexibility index (Phi) is 3.89. The van der Waals surface area contributed by atoms with Crippen LogP contribution < -0.4 is 0 Å². The van der Waals surface area contributed by atoms with Crippen LogP contribution in [0.25, 0.3) is 0 Å². The van der Waals surface area contributed by atoms with Gasteiger partial charge >= 0.3 is 0 Å². The third-order valence-electron chi connectivity index (χ3n) is 2.06. The molecule has 0 radical (unpaired) electrons. The van der Waals surface area contributed by atoms with E-state index in [2.05, 4.69) is 55.6 Å². The zero-order valence-corrected chi connectivity index (χ0v) is 9.20. The highest BCUT2D eigenvalue weighted by molar-refractivity contribution is 9.09. The summed E-state index contributed by atoms with van der Waals surface area (Å²) in [6.07, 6.45) is 0. The topological polar surface area (TPSA) is 3.24 Å². The van der Waals surface area contributed by atoms with Crippen molar-refractivity contribution in [3.8, 4) is 0 Å². The summed E-state index contributed by atoms with van der Waals surface area (Å²) in [7, 11) is 2.16. The normalized spacial score (nSPS) is 13.2. The van der Waals surface area contributed by atoms with Crippen molar-refractivity contribution in [2.45, 2.75) is 39.3 Å². The quantitative estimate of drug-likeness (QED) is 0.644. The van der Waals surface area contributed by atoms with Gasteiger partial charge in [-0.15, -0.1) is 0 Å². The third kappa shape index (κ3) is 2.59. The Morgan fingerprint density at radius 1 is 1.40 bits per heavy atom. The second kappa shape index (κ2) is 3.72. The summed E-state index contributed by atoms with van der Waals surface area (Å²) in [6, 6.07) is 0.618. The first kappa shape index (κ1) is 10.4. The highest BCUT2D eigenvalue weighted by Crippen LogP contribution is 2.17.